The van der Waals surface area contributed by atoms with Crippen molar-refractivity contribution in [3.8, 4) is 11.5 Å². The summed E-state index contributed by atoms with van der Waals surface area (Å²) in [5.41, 5.74) is 1.53. The van der Waals surface area contributed by atoms with E-state index in [-0.39, 0.29) is 5.69 Å². The van der Waals surface area contributed by atoms with Crippen molar-refractivity contribution in [3.63, 3.8) is 0 Å². The van der Waals surface area contributed by atoms with E-state index in [1.165, 1.54) is 12.1 Å². The first-order chi connectivity index (χ1) is 10.1. The number of rotatable bonds is 5. The molecule has 0 radical (unpaired) electrons. The number of hydrogen-bond acceptors (Lipinski definition) is 5. The van der Waals surface area contributed by atoms with Gasteiger partial charge in [0.15, 0.2) is 11.5 Å². The lowest BCUT2D eigenvalue weighted by Gasteiger charge is -2.07. The number of nitrogens with zero attached hydrogens (tertiary/aromatic N) is 2. The van der Waals surface area contributed by atoms with Gasteiger partial charge in [-0.15, -0.1) is 0 Å². The fourth-order valence-electron chi connectivity index (χ4n) is 1.74. The second kappa shape index (κ2) is 6.51. The van der Waals surface area contributed by atoms with Crippen LogP contribution < -0.4 is 9.47 Å². The summed E-state index contributed by atoms with van der Waals surface area (Å²) in [5.74, 6) is 1.22. The molecule has 0 bridgehead atoms. The molecule has 0 saturated heterocycles. The molecule has 0 atom stereocenters. The number of non-ortho nitro benzene ring substituents is 1. The smallest absolute Gasteiger partial charge is 0.269 e. The Morgan fingerprint density at radius 1 is 1.05 bits per heavy atom. The molecule has 0 aliphatic rings. The molecule has 2 rings (SSSR count). The van der Waals surface area contributed by atoms with Gasteiger partial charge < -0.3 is 9.47 Å². The topological polar surface area (TPSA) is 74.0 Å². The van der Waals surface area contributed by atoms with E-state index < -0.39 is 4.92 Å². The number of nitro benzene ring substituents is 1. The molecule has 108 valence electrons. The van der Waals surface area contributed by atoms with E-state index in [2.05, 4.69) is 4.99 Å². The number of nitro groups is 1. The minimum Gasteiger partial charge on any atom is -0.493 e. The standard InChI is InChI=1S/C15H14N2O4/c1-20-14-8-5-12(9-15(14)21-2)16-10-11-3-6-13(7-4-11)17(18)19/h3-10H,1-2H3. The highest BCUT2D eigenvalue weighted by atomic mass is 16.6. The Morgan fingerprint density at radius 2 is 1.71 bits per heavy atom. The lowest BCUT2D eigenvalue weighted by atomic mass is 10.2. The van der Waals surface area contributed by atoms with Crippen LogP contribution in [-0.2, 0) is 0 Å². The third kappa shape index (κ3) is 3.56. The molecule has 0 unspecified atom stereocenters. The highest BCUT2D eigenvalue weighted by Gasteiger charge is 2.04. The van der Waals surface area contributed by atoms with E-state index in [1.54, 1.807) is 50.8 Å². The first kappa shape index (κ1) is 14.5. The normalized spacial score (nSPS) is 10.6. The molecular formula is C15H14N2O4. The maximum atomic E-state index is 10.6. The summed E-state index contributed by atoms with van der Waals surface area (Å²) in [4.78, 5) is 14.4. The van der Waals surface area contributed by atoms with Gasteiger partial charge >= 0.3 is 0 Å². The summed E-state index contributed by atoms with van der Waals surface area (Å²) in [5, 5.41) is 10.6. The molecule has 0 amide bonds. The van der Waals surface area contributed by atoms with E-state index in [0.717, 1.165) is 5.56 Å². The number of aliphatic imine (C=N–C) groups is 1. The third-order valence-electron chi connectivity index (χ3n) is 2.83. The number of benzene rings is 2. The minimum atomic E-state index is -0.435. The van der Waals surface area contributed by atoms with Crippen molar-refractivity contribution in [2.24, 2.45) is 4.99 Å². The maximum absolute atomic E-state index is 10.6. The Balaban J connectivity index is 2.18. The molecule has 2 aromatic rings. The van der Waals surface area contributed by atoms with Crippen molar-refractivity contribution in [2.75, 3.05) is 14.2 Å². The molecular weight excluding hydrogens is 272 g/mol. The van der Waals surface area contributed by atoms with Crippen LogP contribution in [0.1, 0.15) is 5.56 Å². The highest BCUT2D eigenvalue weighted by molar-refractivity contribution is 5.82. The zero-order chi connectivity index (χ0) is 15.2. The van der Waals surface area contributed by atoms with E-state index in [9.17, 15) is 10.1 Å². The molecule has 0 N–H and O–H groups in total. The van der Waals surface area contributed by atoms with E-state index >= 15 is 0 Å². The minimum absolute atomic E-state index is 0.0540. The summed E-state index contributed by atoms with van der Waals surface area (Å²) in [6.45, 7) is 0. The van der Waals surface area contributed by atoms with Gasteiger partial charge in [-0.1, -0.05) is 0 Å². The Labute approximate surface area is 121 Å². The number of hydrogen-bond donors (Lipinski definition) is 0. The van der Waals surface area contributed by atoms with Gasteiger partial charge in [-0.25, -0.2) is 0 Å². The van der Waals surface area contributed by atoms with Crippen molar-refractivity contribution < 1.29 is 14.4 Å². The predicted octanol–water partition coefficient (Wildman–Crippen LogP) is 3.36. The van der Waals surface area contributed by atoms with Gasteiger partial charge in [0.1, 0.15) is 0 Å². The average molecular weight is 286 g/mol. The lowest BCUT2D eigenvalue weighted by molar-refractivity contribution is -0.384. The van der Waals surface area contributed by atoms with Crippen molar-refractivity contribution in [2.45, 2.75) is 0 Å². The van der Waals surface area contributed by atoms with Crippen LogP contribution in [-0.4, -0.2) is 25.4 Å². The average Bonchev–Trinajstić information content (AvgIpc) is 2.52. The molecule has 0 aliphatic heterocycles. The van der Waals surface area contributed by atoms with Gasteiger partial charge in [0.25, 0.3) is 5.69 Å². The highest BCUT2D eigenvalue weighted by Crippen LogP contribution is 2.30. The predicted molar refractivity (Wildman–Crippen MR) is 79.9 cm³/mol. The summed E-state index contributed by atoms with van der Waals surface area (Å²) in [6.07, 6.45) is 1.63. The summed E-state index contributed by atoms with van der Waals surface area (Å²) in [7, 11) is 3.12. The Bertz CT molecular complexity index is 666. The van der Waals surface area contributed by atoms with Crippen LogP contribution >= 0.6 is 0 Å². The second-order valence-electron chi connectivity index (χ2n) is 4.15. The van der Waals surface area contributed by atoms with Gasteiger partial charge in [-0.3, -0.25) is 15.1 Å². The van der Waals surface area contributed by atoms with Crippen LogP contribution in [0.2, 0.25) is 0 Å². The number of methoxy groups -OCH3 is 2. The Kier molecular flexibility index (Phi) is 4.50. The zero-order valence-corrected chi connectivity index (χ0v) is 11.6. The van der Waals surface area contributed by atoms with Gasteiger partial charge in [0.05, 0.1) is 24.8 Å². The van der Waals surface area contributed by atoms with E-state index in [4.69, 9.17) is 9.47 Å². The zero-order valence-electron chi connectivity index (χ0n) is 11.6. The fraction of sp³-hybridized carbons (Fsp3) is 0.133. The van der Waals surface area contributed by atoms with Crippen LogP contribution in [0.3, 0.4) is 0 Å². The van der Waals surface area contributed by atoms with Crippen LogP contribution in [0, 0.1) is 10.1 Å². The van der Waals surface area contributed by atoms with Gasteiger partial charge in [-0.05, 0) is 29.8 Å². The summed E-state index contributed by atoms with van der Waals surface area (Å²) >= 11 is 0. The molecule has 6 heteroatoms. The van der Waals surface area contributed by atoms with Crippen molar-refractivity contribution in [3.05, 3.63) is 58.1 Å². The Morgan fingerprint density at radius 3 is 2.29 bits per heavy atom. The van der Waals surface area contributed by atoms with E-state index in [0.29, 0.717) is 17.2 Å². The van der Waals surface area contributed by atoms with Gasteiger partial charge in [0.2, 0.25) is 0 Å². The van der Waals surface area contributed by atoms with Crippen LogP contribution in [0.4, 0.5) is 11.4 Å². The first-order valence-corrected chi connectivity index (χ1v) is 6.14. The molecule has 6 nitrogen and oxygen atoms in total. The molecule has 0 heterocycles. The van der Waals surface area contributed by atoms with Crippen molar-refractivity contribution in [1.82, 2.24) is 0 Å². The van der Waals surface area contributed by atoms with E-state index in [1.807, 2.05) is 0 Å². The quantitative estimate of drug-likeness (QED) is 0.480. The van der Waals surface area contributed by atoms with Crippen LogP contribution in [0.25, 0.3) is 0 Å². The van der Waals surface area contributed by atoms with Crippen LogP contribution in [0.15, 0.2) is 47.5 Å². The monoisotopic (exact) mass is 286 g/mol. The molecule has 2 aromatic carbocycles. The largest absolute Gasteiger partial charge is 0.493 e. The fourth-order valence-corrected chi connectivity index (χ4v) is 1.74. The second-order valence-corrected chi connectivity index (χ2v) is 4.15. The number of ether oxygens (including phenoxy) is 2. The maximum Gasteiger partial charge on any atom is 0.269 e. The molecule has 0 aliphatic carbocycles. The molecule has 0 saturated carbocycles. The molecule has 0 spiro atoms. The van der Waals surface area contributed by atoms with Gasteiger partial charge in [-0.2, -0.15) is 0 Å². The molecule has 0 aromatic heterocycles. The molecule has 21 heavy (non-hydrogen) atoms. The van der Waals surface area contributed by atoms with Crippen molar-refractivity contribution >= 4 is 17.6 Å². The Hall–Kier alpha value is -2.89. The van der Waals surface area contributed by atoms with Crippen molar-refractivity contribution in [1.29, 1.82) is 0 Å². The first-order valence-electron chi connectivity index (χ1n) is 6.14. The summed E-state index contributed by atoms with van der Waals surface area (Å²) in [6, 6.07) is 11.5. The third-order valence-corrected chi connectivity index (χ3v) is 2.83. The molecule has 0 fully saturated rings. The SMILES string of the molecule is COc1ccc(N=Cc2ccc([N+](=O)[O-])cc2)cc1OC. The lowest BCUT2D eigenvalue weighted by Crippen LogP contribution is -1.90. The van der Waals surface area contributed by atoms with Crippen LogP contribution in [0.5, 0.6) is 11.5 Å². The summed E-state index contributed by atoms with van der Waals surface area (Å²) < 4.78 is 10.3. The van der Waals surface area contributed by atoms with Gasteiger partial charge in [0, 0.05) is 24.4 Å².